The summed E-state index contributed by atoms with van der Waals surface area (Å²) in [5.74, 6) is 0.709. The van der Waals surface area contributed by atoms with Crippen LogP contribution >= 0.6 is 0 Å². The van der Waals surface area contributed by atoms with Crippen molar-refractivity contribution in [1.29, 1.82) is 0 Å². The number of methoxy groups -OCH3 is 1. The van der Waals surface area contributed by atoms with Crippen molar-refractivity contribution in [2.75, 3.05) is 20.8 Å². The molecule has 2 aromatic carbocycles. The third-order valence-corrected chi connectivity index (χ3v) is 6.72. The van der Waals surface area contributed by atoms with E-state index in [0.29, 0.717) is 18.7 Å². The highest BCUT2D eigenvalue weighted by atomic mass is 16.7. The van der Waals surface area contributed by atoms with Gasteiger partial charge in [-0.25, -0.2) is 4.79 Å². The van der Waals surface area contributed by atoms with Crippen molar-refractivity contribution in [3.8, 4) is 16.9 Å². The van der Waals surface area contributed by atoms with Crippen LogP contribution in [0.1, 0.15) is 59.6 Å². The van der Waals surface area contributed by atoms with E-state index in [0.717, 1.165) is 27.7 Å². The summed E-state index contributed by atoms with van der Waals surface area (Å²) in [6.45, 7) is 14.0. The van der Waals surface area contributed by atoms with E-state index in [2.05, 4.69) is 0 Å². The first kappa shape index (κ1) is 28.0. The molecule has 196 valence electrons. The van der Waals surface area contributed by atoms with E-state index >= 15 is 0 Å². The normalized spacial score (nSPS) is 16.7. The molecule has 1 fully saturated rings. The number of rotatable bonds is 7. The minimum atomic E-state index is -0.597. The topological polar surface area (TPSA) is 77.5 Å². The number of aliphatic hydroxyl groups is 1. The molecule has 36 heavy (non-hydrogen) atoms. The Balaban J connectivity index is 2.07. The van der Waals surface area contributed by atoms with Crippen LogP contribution in [0.3, 0.4) is 0 Å². The molecular formula is C28H40BNO6. The lowest BCUT2D eigenvalue weighted by atomic mass is 9.77. The Kier molecular flexibility index (Phi) is 8.13. The summed E-state index contributed by atoms with van der Waals surface area (Å²) in [7, 11) is 2.83. The van der Waals surface area contributed by atoms with Gasteiger partial charge >= 0.3 is 13.2 Å². The minimum absolute atomic E-state index is 0.0564. The molecule has 1 aliphatic rings. The molecular weight excluding hydrogens is 457 g/mol. The Hall–Kier alpha value is -2.55. The van der Waals surface area contributed by atoms with Gasteiger partial charge in [0.1, 0.15) is 11.4 Å². The van der Waals surface area contributed by atoms with E-state index in [1.807, 2.05) is 84.9 Å². The van der Waals surface area contributed by atoms with Crippen molar-refractivity contribution in [2.24, 2.45) is 0 Å². The highest BCUT2D eigenvalue weighted by molar-refractivity contribution is 6.62. The molecule has 2 aromatic rings. The monoisotopic (exact) mass is 497 g/mol. The van der Waals surface area contributed by atoms with Gasteiger partial charge in [-0.3, -0.25) is 0 Å². The van der Waals surface area contributed by atoms with Crippen LogP contribution in [0.5, 0.6) is 5.75 Å². The van der Waals surface area contributed by atoms with Crippen LogP contribution < -0.4 is 10.2 Å². The average Bonchev–Trinajstić information content (AvgIpc) is 2.99. The van der Waals surface area contributed by atoms with Crippen LogP contribution in [0.15, 0.2) is 36.4 Å². The molecule has 0 saturated carbocycles. The first-order chi connectivity index (χ1) is 16.7. The molecule has 0 radical (unpaired) electrons. The van der Waals surface area contributed by atoms with Gasteiger partial charge in [-0.15, -0.1) is 0 Å². The minimum Gasteiger partial charge on any atom is -0.496 e. The quantitative estimate of drug-likeness (QED) is 0.565. The second-order valence-electron chi connectivity index (χ2n) is 11.3. The molecule has 0 aromatic heterocycles. The fourth-order valence-corrected chi connectivity index (χ4v) is 4.04. The van der Waals surface area contributed by atoms with Crippen molar-refractivity contribution in [1.82, 2.24) is 4.90 Å². The maximum atomic E-state index is 12.8. The first-order valence-corrected chi connectivity index (χ1v) is 12.4. The van der Waals surface area contributed by atoms with E-state index in [9.17, 15) is 9.90 Å². The summed E-state index contributed by atoms with van der Waals surface area (Å²) in [6, 6.07) is 11.9. The fourth-order valence-electron chi connectivity index (χ4n) is 4.04. The molecule has 0 aliphatic carbocycles. The predicted molar refractivity (Wildman–Crippen MR) is 143 cm³/mol. The van der Waals surface area contributed by atoms with Crippen LogP contribution in [0.25, 0.3) is 11.1 Å². The lowest BCUT2D eigenvalue weighted by Gasteiger charge is -2.32. The van der Waals surface area contributed by atoms with Crippen molar-refractivity contribution in [3.05, 3.63) is 47.5 Å². The summed E-state index contributed by atoms with van der Waals surface area (Å²) in [6.07, 6.45) is 0.131. The number of aliphatic hydroxyl groups excluding tert-OH is 1. The second kappa shape index (κ2) is 10.4. The SMILES string of the molecule is COc1ccc(CCO)cc1-c1ccc(B2OC(C)(C)C(C)(C)O2)cc1CN(C)C(=O)OC(C)(C)C. The second-order valence-corrected chi connectivity index (χ2v) is 11.3. The Labute approximate surface area is 215 Å². The van der Waals surface area contributed by atoms with E-state index in [1.165, 1.54) is 0 Å². The Morgan fingerprint density at radius 1 is 1.03 bits per heavy atom. The zero-order valence-corrected chi connectivity index (χ0v) is 23.1. The molecule has 0 unspecified atom stereocenters. The number of ether oxygens (including phenoxy) is 2. The lowest BCUT2D eigenvalue weighted by Crippen LogP contribution is -2.41. The Morgan fingerprint density at radius 3 is 2.22 bits per heavy atom. The number of amides is 1. The van der Waals surface area contributed by atoms with Gasteiger partial charge in [0, 0.05) is 25.8 Å². The standard InChI is InChI=1S/C28H40BNO6/c1-26(2,3)34-25(32)30(8)18-20-17-21(29-35-27(4,5)28(6,7)36-29)11-12-22(20)23-16-19(14-15-31)10-13-24(23)33-9/h10-13,16-17,31H,14-15,18H2,1-9H3. The average molecular weight is 497 g/mol. The van der Waals surface area contributed by atoms with E-state index in [4.69, 9.17) is 18.8 Å². The Morgan fingerprint density at radius 2 is 1.67 bits per heavy atom. The van der Waals surface area contributed by atoms with Gasteiger partial charge < -0.3 is 28.8 Å². The molecule has 1 saturated heterocycles. The van der Waals surface area contributed by atoms with Crippen molar-refractivity contribution in [2.45, 2.75) is 78.2 Å². The van der Waals surface area contributed by atoms with Gasteiger partial charge in [0.2, 0.25) is 0 Å². The van der Waals surface area contributed by atoms with Gasteiger partial charge in [-0.05, 0) is 89.2 Å². The third-order valence-electron chi connectivity index (χ3n) is 6.72. The molecule has 0 spiro atoms. The largest absolute Gasteiger partial charge is 0.496 e. The molecule has 1 amide bonds. The summed E-state index contributed by atoms with van der Waals surface area (Å²) in [5, 5.41) is 9.46. The molecule has 8 heteroatoms. The molecule has 1 N–H and O–H groups in total. The van der Waals surface area contributed by atoms with E-state index in [-0.39, 0.29) is 6.61 Å². The van der Waals surface area contributed by atoms with Gasteiger partial charge in [0.15, 0.2) is 0 Å². The molecule has 1 heterocycles. The number of hydrogen-bond acceptors (Lipinski definition) is 6. The van der Waals surface area contributed by atoms with Crippen molar-refractivity contribution < 1.29 is 28.7 Å². The van der Waals surface area contributed by atoms with Gasteiger partial charge in [-0.2, -0.15) is 0 Å². The van der Waals surface area contributed by atoms with Crippen LogP contribution in [-0.2, 0) is 27.0 Å². The van der Waals surface area contributed by atoms with Crippen molar-refractivity contribution in [3.63, 3.8) is 0 Å². The highest BCUT2D eigenvalue weighted by Crippen LogP contribution is 2.38. The first-order valence-electron chi connectivity index (χ1n) is 12.4. The highest BCUT2D eigenvalue weighted by Gasteiger charge is 2.51. The van der Waals surface area contributed by atoms with Crippen molar-refractivity contribution >= 4 is 18.7 Å². The van der Waals surface area contributed by atoms with Gasteiger partial charge in [0.25, 0.3) is 0 Å². The molecule has 7 nitrogen and oxygen atoms in total. The fraction of sp³-hybridized carbons (Fsp3) is 0.536. The van der Waals surface area contributed by atoms with Crippen LogP contribution in [0.2, 0.25) is 0 Å². The molecule has 3 rings (SSSR count). The zero-order valence-electron chi connectivity index (χ0n) is 23.1. The summed E-state index contributed by atoms with van der Waals surface area (Å²) >= 11 is 0. The third kappa shape index (κ3) is 6.23. The summed E-state index contributed by atoms with van der Waals surface area (Å²) < 4.78 is 23.8. The Bertz CT molecular complexity index is 1080. The summed E-state index contributed by atoms with van der Waals surface area (Å²) in [4.78, 5) is 14.3. The molecule has 0 bridgehead atoms. The number of hydrogen-bond donors (Lipinski definition) is 1. The molecule has 0 atom stereocenters. The molecule has 1 aliphatic heterocycles. The van der Waals surface area contributed by atoms with E-state index < -0.39 is 30.0 Å². The van der Waals surface area contributed by atoms with E-state index in [1.54, 1.807) is 19.1 Å². The van der Waals surface area contributed by atoms with Gasteiger partial charge in [0.05, 0.1) is 18.3 Å². The number of carbonyl (C=O) groups is 1. The van der Waals surface area contributed by atoms with Crippen LogP contribution in [-0.4, -0.2) is 60.8 Å². The smallest absolute Gasteiger partial charge is 0.494 e. The number of nitrogens with zero attached hydrogens (tertiary/aromatic N) is 1. The van der Waals surface area contributed by atoms with Crippen LogP contribution in [0.4, 0.5) is 4.79 Å². The van der Waals surface area contributed by atoms with Gasteiger partial charge in [-0.1, -0.05) is 24.3 Å². The number of carbonyl (C=O) groups excluding carboxylic acids is 1. The zero-order chi connectivity index (χ0) is 26.9. The predicted octanol–water partition coefficient (Wildman–Crippen LogP) is 4.56. The van der Waals surface area contributed by atoms with Crippen LogP contribution in [0, 0.1) is 0 Å². The maximum absolute atomic E-state index is 12.8. The maximum Gasteiger partial charge on any atom is 0.494 e. The lowest BCUT2D eigenvalue weighted by molar-refractivity contribution is 0.00578. The number of benzene rings is 2. The summed E-state index contributed by atoms with van der Waals surface area (Å²) in [5.41, 5.74) is 3.04.